The number of benzene rings is 1. The fourth-order valence-corrected chi connectivity index (χ4v) is 3.33. The van der Waals surface area contributed by atoms with Gasteiger partial charge in [0.05, 0.1) is 12.7 Å². The fourth-order valence-electron chi connectivity index (χ4n) is 3.33. The Morgan fingerprint density at radius 3 is 2.81 bits per heavy atom. The lowest BCUT2D eigenvalue weighted by Gasteiger charge is -2.23. The normalized spacial score (nSPS) is 18.8. The van der Waals surface area contributed by atoms with E-state index in [0.29, 0.717) is 12.5 Å². The summed E-state index contributed by atoms with van der Waals surface area (Å²) in [7, 11) is 3.80. The monoisotopic (exact) mass is 355 g/mol. The summed E-state index contributed by atoms with van der Waals surface area (Å²) in [5, 5.41) is 7.74. The Bertz CT molecular complexity index is 737. The highest BCUT2D eigenvalue weighted by Gasteiger charge is 2.27. The van der Waals surface area contributed by atoms with Gasteiger partial charge in [0, 0.05) is 39.3 Å². The molecule has 2 atom stereocenters. The molecule has 0 amide bonds. The van der Waals surface area contributed by atoms with Crippen molar-refractivity contribution in [2.45, 2.75) is 32.3 Å². The van der Waals surface area contributed by atoms with Crippen LogP contribution in [-0.2, 0) is 7.05 Å². The Balaban J connectivity index is 1.49. The number of likely N-dealkylation sites (tertiary alicyclic amines) is 1. The molecule has 0 spiro atoms. The molecule has 3 rings (SSSR count). The van der Waals surface area contributed by atoms with Crippen LogP contribution in [-0.4, -0.2) is 53.4 Å². The Labute approximate surface area is 155 Å². The van der Waals surface area contributed by atoms with E-state index in [9.17, 15) is 0 Å². The molecule has 1 aliphatic rings. The highest BCUT2D eigenvalue weighted by molar-refractivity contribution is 5.80. The van der Waals surface area contributed by atoms with Crippen molar-refractivity contribution < 1.29 is 4.74 Å². The van der Waals surface area contributed by atoms with E-state index in [1.165, 1.54) is 11.1 Å². The predicted molar refractivity (Wildman–Crippen MR) is 105 cm³/mol. The van der Waals surface area contributed by atoms with Gasteiger partial charge in [-0.15, -0.1) is 0 Å². The van der Waals surface area contributed by atoms with Gasteiger partial charge in [-0.1, -0.05) is 17.7 Å². The van der Waals surface area contributed by atoms with Crippen LogP contribution in [0.3, 0.4) is 0 Å². The van der Waals surface area contributed by atoms with Crippen LogP contribution in [0.4, 0.5) is 0 Å². The molecule has 0 saturated carbocycles. The zero-order chi connectivity index (χ0) is 18.5. The maximum absolute atomic E-state index is 5.97. The van der Waals surface area contributed by atoms with Crippen LogP contribution < -0.4 is 10.1 Å². The molecule has 140 valence electrons. The summed E-state index contributed by atoms with van der Waals surface area (Å²) in [6.45, 7) is 6.84. The molecule has 6 nitrogen and oxygen atoms in total. The van der Waals surface area contributed by atoms with Gasteiger partial charge in [-0.2, -0.15) is 5.10 Å². The van der Waals surface area contributed by atoms with Crippen molar-refractivity contribution in [1.82, 2.24) is 20.0 Å². The lowest BCUT2D eigenvalue weighted by molar-refractivity contribution is 0.222. The van der Waals surface area contributed by atoms with Gasteiger partial charge in [-0.3, -0.25) is 9.67 Å². The van der Waals surface area contributed by atoms with Crippen LogP contribution in [0.2, 0.25) is 0 Å². The third kappa shape index (κ3) is 4.56. The first-order valence-electron chi connectivity index (χ1n) is 9.22. The Morgan fingerprint density at radius 2 is 2.15 bits per heavy atom. The average molecular weight is 355 g/mol. The summed E-state index contributed by atoms with van der Waals surface area (Å²) >= 11 is 0. The molecule has 26 heavy (non-hydrogen) atoms. The molecule has 0 radical (unpaired) electrons. The van der Waals surface area contributed by atoms with Crippen LogP contribution in [0, 0.1) is 6.92 Å². The number of hydrogen-bond acceptors (Lipinski definition) is 3. The number of aliphatic imine (C=N–C) groups is 1. The maximum atomic E-state index is 5.97. The van der Waals surface area contributed by atoms with E-state index >= 15 is 0 Å². The van der Waals surface area contributed by atoms with Crippen LogP contribution >= 0.6 is 0 Å². The minimum absolute atomic E-state index is 0.0613. The van der Waals surface area contributed by atoms with Crippen molar-refractivity contribution in [2.75, 3.05) is 26.7 Å². The van der Waals surface area contributed by atoms with Gasteiger partial charge in [0.15, 0.2) is 5.96 Å². The first kappa shape index (κ1) is 18.3. The van der Waals surface area contributed by atoms with Gasteiger partial charge < -0.3 is 15.0 Å². The Hall–Kier alpha value is -2.50. The van der Waals surface area contributed by atoms with E-state index in [1.807, 2.05) is 37.1 Å². The second-order valence-electron chi connectivity index (χ2n) is 7.05. The molecule has 2 unspecified atom stereocenters. The van der Waals surface area contributed by atoms with Gasteiger partial charge in [-0.05, 0) is 38.0 Å². The van der Waals surface area contributed by atoms with Crippen LogP contribution in [0.5, 0.6) is 5.75 Å². The molecule has 1 saturated heterocycles. The minimum atomic E-state index is 0.0613. The number of ether oxygens (including phenoxy) is 1. The molecule has 1 N–H and O–H groups in total. The summed E-state index contributed by atoms with van der Waals surface area (Å²) < 4.78 is 7.84. The third-order valence-corrected chi connectivity index (χ3v) is 4.80. The van der Waals surface area contributed by atoms with E-state index < -0.39 is 0 Å². The van der Waals surface area contributed by atoms with Gasteiger partial charge in [0.2, 0.25) is 0 Å². The number of aromatic nitrogens is 2. The number of rotatable bonds is 5. The topological polar surface area (TPSA) is 54.7 Å². The second kappa shape index (κ2) is 8.25. The van der Waals surface area contributed by atoms with Crippen molar-refractivity contribution in [3.63, 3.8) is 0 Å². The quantitative estimate of drug-likeness (QED) is 0.662. The number of nitrogens with zero attached hydrogens (tertiary/aromatic N) is 4. The number of aryl methyl sites for hydroxylation is 2. The van der Waals surface area contributed by atoms with E-state index in [1.54, 1.807) is 0 Å². The summed E-state index contributed by atoms with van der Waals surface area (Å²) in [5.41, 5.74) is 2.54. The lowest BCUT2D eigenvalue weighted by atomic mass is 10.0. The molecule has 0 bridgehead atoms. The Morgan fingerprint density at radius 1 is 1.38 bits per heavy atom. The molecule has 0 aliphatic carbocycles. The van der Waals surface area contributed by atoms with Gasteiger partial charge in [-0.25, -0.2) is 0 Å². The molecule has 2 heterocycles. The molecule has 1 aliphatic heterocycles. The van der Waals surface area contributed by atoms with Gasteiger partial charge in [0.1, 0.15) is 11.9 Å². The molecular formula is C20H29N5O. The highest BCUT2D eigenvalue weighted by Crippen LogP contribution is 2.26. The highest BCUT2D eigenvalue weighted by atomic mass is 16.5. The maximum Gasteiger partial charge on any atom is 0.193 e. The van der Waals surface area contributed by atoms with E-state index in [0.717, 1.165) is 31.2 Å². The zero-order valence-electron chi connectivity index (χ0n) is 16.1. The van der Waals surface area contributed by atoms with Crippen molar-refractivity contribution in [1.29, 1.82) is 0 Å². The standard InChI is InChI=1S/C20H29N5O/c1-15-5-7-19(8-6-15)26-16(2)11-22-20(21-3)25-10-9-17(14-25)18-12-23-24(4)13-18/h5-8,12-13,16-17H,9-11,14H2,1-4H3,(H,21,22). The molecule has 6 heteroatoms. The third-order valence-electron chi connectivity index (χ3n) is 4.80. The average Bonchev–Trinajstić information content (AvgIpc) is 3.27. The van der Waals surface area contributed by atoms with E-state index in [2.05, 4.69) is 52.5 Å². The van der Waals surface area contributed by atoms with Gasteiger partial charge in [0.25, 0.3) is 0 Å². The fraction of sp³-hybridized carbons (Fsp3) is 0.500. The predicted octanol–water partition coefficient (Wildman–Crippen LogP) is 2.56. The molecule has 1 fully saturated rings. The number of hydrogen-bond donors (Lipinski definition) is 1. The summed E-state index contributed by atoms with van der Waals surface area (Å²) in [6.07, 6.45) is 5.28. The van der Waals surface area contributed by atoms with Crippen molar-refractivity contribution in [3.8, 4) is 5.75 Å². The molecule has 2 aromatic rings. The summed E-state index contributed by atoms with van der Waals surface area (Å²) in [6, 6.07) is 8.16. The van der Waals surface area contributed by atoms with Crippen molar-refractivity contribution in [3.05, 3.63) is 47.8 Å². The van der Waals surface area contributed by atoms with Crippen LogP contribution in [0.25, 0.3) is 0 Å². The van der Waals surface area contributed by atoms with Crippen LogP contribution in [0.15, 0.2) is 41.7 Å². The summed E-state index contributed by atoms with van der Waals surface area (Å²) in [5.74, 6) is 2.36. The molecule has 1 aromatic heterocycles. The first-order valence-corrected chi connectivity index (χ1v) is 9.22. The first-order chi connectivity index (χ1) is 12.5. The summed E-state index contributed by atoms with van der Waals surface area (Å²) in [4.78, 5) is 6.76. The van der Waals surface area contributed by atoms with E-state index in [4.69, 9.17) is 4.74 Å². The van der Waals surface area contributed by atoms with Crippen molar-refractivity contribution in [2.24, 2.45) is 12.0 Å². The Kier molecular flexibility index (Phi) is 5.81. The zero-order valence-corrected chi connectivity index (χ0v) is 16.1. The number of nitrogens with one attached hydrogen (secondary N) is 1. The lowest BCUT2D eigenvalue weighted by Crippen LogP contribution is -2.43. The smallest absolute Gasteiger partial charge is 0.193 e. The largest absolute Gasteiger partial charge is 0.489 e. The minimum Gasteiger partial charge on any atom is -0.489 e. The SMILES string of the molecule is CN=C(NCC(C)Oc1ccc(C)cc1)N1CCC(c2cnn(C)c2)C1. The molecule has 1 aromatic carbocycles. The van der Waals surface area contributed by atoms with Crippen molar-refractivity contribution >= 4 is 5.96 Å². The number of guanidine groups is 1. The van der Waals surface area contributed by atoms with Crippen LogP contribution in [0.1, 0.15) is 30.4 Å². The molecular weight excluding hydrogens is 326 g/mol. The second-order valence-corrected chi connectivity index (χ2v) is 7.05. The van der Waals surface area contributed by atoms with E-state index in [-0.39, 0.29) is 6.10 Å². The van der Waals surface area contributed by atoms with Gasteiger partial charge >= 0.3 is 0 Å².